The van der Waals surface area contributed by atoms with Crippen molar-refractivity contribution in [3.8, 4) is 0 Å². The number of rotatable bonds is 6. The van der Waals surface area contributed by atoms with Gasteiger partial charge in [-0.15, -0.1) is 0 Å². The molecule has 5 nitrogen and oxygen atoms in total. The summed E-state index contributed by atoms with van der Waals surface area (Å²) in [5, 5.41) is 0. The Balaban J connectivity index is 2.77. The molecule has 0 saturated carbocycles. The van der Waals surface area contributed by atoms with Gasteiger partial charge in [0.1, 0.15) is 12.4 Å². The van der Waals surface area contributed by atoms with Crippen molar-refractivity contribution in [1.82, 2.24) is 0 Å². The molecule has 0 unspecified atom stereocenters. The van der Waals surface area contributed by atoms with Crippen molar-refractivity contribution in [3.63, 3.8) is 0 Å². The monoisotopic (exact) mass is 324 g/mol. The lowest BCUT2D eigenvalue weighted by Crippen LogP contribution is -2.14. The van der Waals surface area contributed by atoms with E-state index in [1.54, 1.807) is 0 Å². The minimum absolute atomic E-state index is 0.0184. The van der Waals surface area contributed by atoms with E-state index in [0.717, 1.165) is 18.2 Å². The Bertz CT molecular complexity index is 586. The number of carbonyl (C=O) groups excluding carboxylic acids is 1. The maximum atomic E-state index is 13.5. The molecule has 0 amide bonds. The van der Waals surface area contributed by atoms with Gasteiger partial charge in [-0.25, -0.2) is 17.6 Å². The smallest absolute Gasteiger partial charge is 0.341 e. The summed E-state index contributed by atoms with van der Waals surface area (Å²) in [6.07, 6.45) is -0.0184. The zero-order valence-corrected chi connectivity index (χ0v) is 12.5. The van der Waals surface area contributed by atoms with Crippen LogP contribution in [-0.2, 0) is 18.5 Å². The lowest BCUT2D eigenvalue weighted by atomic mass is 10.2. The Morgan fingerprint density at radius 3 is 2.55 bits per heavy atom. The molecule has 0 radical (unpaired) electrons. The highest BCUT2D eigenvalue weighted by molar-refractivity contribution is 8.13. The Hall–Kier alpha value is -1.18. The highest BCUT2D eigenvalue weighted by Crippen LogP contribution is 2.19. The van der Waals surface area contributed by atoms with E-state index in [9.17, 15) is 17.6 Å². The zero-order valence-electron chi connectivity index (χ0n) is 10.9. The van der Waals surface area contributed by atoms with Crippen molar-refractivity contribution < 1.29 is 27.1 Å². The number of esters is 1. The number of halogens is 2. The molecule has 0 saturated heterocycles. The van der Waals surface area contributed by atoms with Crippen molar-refractivity contribution in [3.05, 3.63) is 29.6 Å². The molecule has 0 aromatic heterocycles. The highest BCUT2D eigenvalue weighted by Gasteiger charge is 2.18. The molecule has 0 bridgehead atoms. The quantitative estimate of drug-likeness (QED) is 0.456. The minimum atomic E-state index is -4.04. The fourth-order valence-electron chi connectivity index (χ4n) is 1.31. The molecule has 0 aliphatic carbocycles. The van der Waals surface area contributed by atoms with Crippen LogP contribution >= 0.6 is 10.7 Å². The molecule has 20 heavy (non-hydrogen) atoms. The van der Waals surface area contributed by atoms with Crippen LogP contribution in [0.3, 0.4) is 0 Å². The molecule has 1 aromatic carbocycles. The molecule has 0 N–H and O–H groups in total. The largest absolute Gasteiger partial charge is 0.460 e. The van der Waals surface area contributed by atoms with Crippen molar-refractivity contribution in [2.24, 2.45) is 0 Å². The summed E-state index contributed by atoms with van der Waals surface area (Å²) in [5.41, 5.74) is -0.490. The van der Waals surface area contributed by atoms with Crippen LogP contribution in [0.5, 0.6) is 0 Å². The molecule has 0 heterocycles. The first-order valence-corrected chi connectivity index (χ1v) is 8.05. The van der Waals surface area contributed by atoms with E-state index in [1.165, 1.54) is 0 Å². The first kappa shape index (κ1) is 16.9. The molecule has 0 spiro atoms. The van der Waals surface area contributed by atoms with E-state index in [1.807, 2.05) is 13.8 Å². The van der Waals surface area contributed by atoms with Crippen LogP contribution < -0.4 is 0 Å². The Labute approximate surface area is 121 Å². The van der Waals surface area contributed by atoms with E-state index in [2.05, 4.69) is 0 Å². The molecule has 0 atom stereocenters. The van der Waals surface area contributed by atoms with E-state index >= 15 is 0 Å². The van der Waals surface area contributed by atoms with Crippen molar-refractivity contribution in [1.29, 1.82) is 0 Å². The summed E-state index contributed by atoms with van der Waals surface area (Å²) >= 11 is 0. The van der Waals surface area contributed by atoms with Gasteiger partial charge in [0.05, 0.1) is 23.2 Å². The SMILES string of the molecule is CC(C)OCCOC(=O)c1cc(S(=O)(=O)Cl)ccc1F. The van der Waals surface area contributed by atoms with Gasteiger partial charge in [0.25, 0.3) is 9.05 Å². The third-order valence-electron chi connectivity index (χ3n) is 2.21. The van der Waals surface area contributed by atoms with E-state index in [0.29, 0.717) is 0 Å². The van der Waals surface area contributed by atoms with Gasteiger partial charge in [0.15, 0.2) is 0 Å². The third-order valence-corrected chi connectivity index (χ3v) is 3.56. The average molecular weight is 325 g/mol. The molecule has 1 aromatic rings. The number of hydrogen-bond donors (Lipinski definition) is 0. The Morgan fingerprint density at radius 2 is 2.00 bits per heavy atom. The van der Waals surface area contributed by atoms with Gasteiger partial charge in [-0.2, -0.15) is 0 Å². The first-order chi connectivity index (χ1) is 9.21. The lowest BCUT2D eigenvalue weighted by molar-refractivity contribution is 0.0173. The molecular formula is C12H14ClFO5S. The Morgan fingerprint density at radius 1 is 1.35 bits per heavy atom. The van der Waals surface area contributed by atoms with Gasteiger partial charge in [-0.1, -0.05) is 0 Å². The average Bonchev–Trinajstić information content (AvgIpc) is 2.33. The van der Waals surface area contributed by atoms with Crippen molar-refractivity contribution >= 4 is 25.7 Å². The maximum Gasteiger partial charge on any atom is 0.341 e. The van der Waals surface area contributed by atoms with Gasteiger partial charge in [-0.3, -0.25) is 0 Å². The number of hydrogen-bond acceptors (Lipinski definition) is 5. The lowest BCUT2D eigenvalue weighted by Gasteiger charge is -2.09. The fourth-order valence-corrected chi connectivity index (χ4v) is 2.09. The topological polar surface area (TPSA) is 69.7 Å². The van der Waals surface area contributed by atoms with Crippen molar-refractivity contribution in [2.75, 3.05) is 13.2 Å². The van der Waals surface area contributed by atoms with Crippen LogP contribution in [0.25, 0.3) is 0 Å². The number of benzene rings is 1. The van der Waals surface area contributed by atoms with Crippen LogP contribution in [0.15, 0.2) is 23.1 Å². The summed E-state index contributed by atoms with van der Waals surface area (Å²) < 4.78 is 45.7. The summed E-state index contributed by atoms with van der Waals surface area (Å²) in [4.78, 5) is 11.3. The molecule has 0 aliphatic heterocycles. The van der Waals surface area contributed by atoms with Crippen LogP contribution in [0.2, 0.25) is 0 Å². The minimum Gasteiger partial charge on any atom is -0.460 e. The molecule has 112 valence electrons. The van der Waals surface area contributed by atoms with Gasteiger partial charge < -0.3 is 9.47 Å². The molecule has 0 fully saturated rings. The summed E-state index contributed by atoms with van der Waals surface area (Å²) in [6, 6.07) is 2.65. The van der Waals surface area contributed by atoms with Crippen molar-refractivity contribution in [2.45, 2.75) is 24.8 Å². The van der Waals surface area contributed by atoms with Gasteiger partial charge in [-0.05, 0) is 32.0 Å². The van der Waals surface area contributed by atoms with Crippen LogP contribution in [-0.4, -0.2) is 33.7 Å². The van der Waals surface area contributed by atoms with E-state index in [4.69, 9.17) is 20.2 Å². The van der Waals surface area contributed by atoms with Crippen LogP contribution in [0.1, 0.15) is 24.2 Å². The first-order valence-electron chi connectivity index (χ1n) is 5.74. The number of ether oxygens (including phenoxy) is 2. The van der Waals surface area contributed by atoms with Gasteiger partial charge in [0.2, 0.25) is 0 Å². The summed E-state index contributed by atoms with van der Waals surface area (Å²) in [5.74, 6) is -1.86. The van der Waals surface area contributed by atoms with Crippen LogP contribution in [0, 0.1) is 5.82 Å². The standard InChI is InChI=1S/C12H14ClFO5S/c1-8(2)18-5-6-19-12(15)10-7-9(20(13,16)17)3-4-11(10)14/h3-4,7-8H,5-6H2,1-2H3. The second kappa shape index (κ2) is 7.01. The molecular weight excluding hydrogens is 311 g/mol. The zero-order chi connectivity index (χ0) is 15.3. The van der Waals surface area contributed by atoms with Gasteiger partial charge >= 0.3 is 5.97 Å². The fraction of sp³-hybridized carbons (Fsp3) is 0.417. The maximum absolute atomic E-state index is 13.5. The number of carbonyl (C=O) groups is 1. The second-order valence-corrected chi connectivity index (χ2v) is 6.70. The molecule has 1 rings (SSSR count). The predicted octanol–water partition coefficient (Wildman–Crippen LogP) is 2.33. The van der Waals surface area contributed by atoms with Gasteiger partial charge in [0, 0.05) is 10.7 Å². The Kier molecular flexibility index (Phi) is 5.91. The third kappa shape index (κ3) is 5.07. The second-order valence-electron chi connectivity index (χ2n) is 4.13. The summed E-state index contributed by atoms with van der Waals surface area (Å²) in [6.45, 7) is 3.74. The highest BCUT2D eigenvalue weighted by atomic mass is 35.7. The predicted molar refractivity (Wildman–Crippen MR) is 70.8 cm³/mol. The van der Waals surface area contributed by atoms with E-state index in [-0.39, 0.29) is 24.2 Å². The van der Waals surface area contributed by atoms with E-state index < -0.39 is 26.4 Å². The summed E-state index contributed by atoms with van der Waals surface area (Å²) in [7, 11) is 1.09. The van der Waals surface area contributed by atoms with Crippen LogP contribution in [0.4, 0.5) is 4.39 Å². The normalized spacial score (nSPS) is 11.7. The molecule has 0 aliphatic rings. The molecule has 8 heteroatoms.